The van der Waals surface area contributed by atoms with Gasteiger partial charge in [0.25, 0.3) is 0 Å². The Kier molecular flexibility index (Phi) is 6.44. The Morgan fingerprint density at radius 1 is 1.00 bits per heavy atom. The minimum absolute atomic E-state index is 0.143. The average molecular weight is 435 g/mol. The zero-order chi connectivity index (χ0) is 21.3. The van der Waals surface area contributed by atoms with Crippen LogP contribution in [0.15, 0.2) is 0 Å². The number of carbonyl (C=O) groups is 1. The number of rotatable bonds is 5. The summed E-state index contributed by atoms with van der Waals surface area (Å²) in [6.45, 7) is 5.52. The number of amides is 1. The molecule has 0 spiro atoms. The van der Waals surface area contributed by atoms with E-state index in [0.717, 1.165) is 42.3 Å². The number of aryl methyl sites for hydroxylation is 1. The van der Waals surface area contributed by atoms with Crippen LogP contribution in [0.1, 0.15) is 81.3 Å². The Balaban J connectivity index is 1.55. The van der Waals surface area contributed by atoms with Crippen LogP contribution >= 0.6 is 0 Å². The molecule has 3 aliphatic rings. The number of sulfonamides is 1. The molecular weight excluding hydrogens is 400 g/mol. The third-order valence-corrected chi connectivity index (χ3v) is 8.98. The molecule has 30 heavy (non-hydrogen) atoms. The quantitative estimate of drug-likeness (QED) is 0.711. The van der Waals surface area contributed by atoms with Gasteiger partial charge in [-0.3, -0.25) is 9.69 Å². The minimum atomic E-state index is -3.14. The van der Waals surface area contributed by atoms with Gasteiger partial charge in [0, 0.05) is 43.2 Å². The molecule has 1 aliphatic carbocycles. The second kappa shape index (κ2) is 8.91. The van der Waals surface area contributed by atoms with Gasteiger partial charge in [-0.25, -0.2) is 22.7 Å². The van der Waals surface area contributed by atoms with Crippen molar-refractivity contribution in [2.75, 3.05) is 30.3 Å². The summed E-state index contributed by atoms with van der Waals surface area (Å²) in [7, 11) is -3.14. The normalized spacial score (nSPS) is 22.3. The first-order chi connectivity index (χ1) is 14.4. The van der Waals surface area contributed by atoms with Crippen LogP contribution in [0.5, 0.6) is 0 Å². The lowest BCUT2D eigenvalue weighted by atomic mass is 9.88. The van der Waals surface area contributed by atoms with Crippen molar-refractivity contribution in [2.45, 2.75) is 77.6 Å². The zero-order valence-corrected chi connectivity index (χ0v) is 19.1. The first-order valence-electron chi connectivity index (χ1n) is 11.5. The molecule has 8 heteroatoms. The fourth-order valence-corrected chi connectivity index (χ4v) is 6.31. The van der Waals surface area contributed by atoms with Gasteiger partial charge in [0.05, 0.1) is 5.75 Å². The highest BCUT2D eigenvalue weighted by Gasteiger charge is 2.33. The van der Waals surface area contributed by atoms with Gasteiger partial charge in [-0.15, -0.1) is 0 Å². The standard InChI is InChI=1S/C22H34N4O3S/c1-3-30(28,29)25-13-11-18(12-14-25)21-23-16(2)19-9-10-20(27)26(22(19)24-21)15-17-7-5-4-6-8-17/h17-18H,3-15H2,1-2H3. The van der Waals surface area contributed by atoms with Gasteiger partial charge < -0.3 is 0 Å². The lowest BCUT2D eigenvalue weighted by Gasteiger charge is -2.35. The van der Waals surface area contributed by atoms with E-state index in [1.165, 1.54) is 32.1 Å². The lowest BCUT2D eigenvalue weighted by Crippen LogP contribution is -2.41. The van der Waals surface area contributed by atoms with Gasteiger partial charge in [-0.1, -0.05) is 19.3 Å². The number of carbonyl (C=O) groups excluding carboxylic acids is 1. The molecule has 0 radical (unpaired) electrons. The van der Waals surface area contributed by atoms with Crippen molar-refractivity contribution in [1.29, 1.82) is 0 Å². The molecule has 0 aromatic carbocycles. The molecule has 166 valence electrons. The maximum atomic E-state index is 12.8. The molecule has 1 saturated carbocycles. The lowest BCUT2D eigenvalue weighted by molar-refractivity contribution is -0.119. The van der Waals surface area contributed by atoms with E-state index in [2.05, 4.69) is 0 Å². The van der Waals surface area contributed by atoms with Crippen LogP contribution in [-0.2, 0) is 21.2 Å². The molecule has 2 aliphatic heterocycles. The second-order valence-electron chi connectivity index (χ2n) is 9.05. The maximum Gasteiger partial charge on any atom is 0.228 e. The van der Waals surface area contributed by atoms with E-state index in [9.17, 15) is 13.2 Å². The van der Waals surface area contributed by atoms with Crippen LogP contribution in [0.2, 0.25) is 0 Å². The second-order valence-corrected chi connectivity index (χ2v) is 11.3. The van der Waals surface area contributed by atoms with Crippen molar-refractivity contribution >= 4 is 21.7 Å². The monoisotopic (exact) mass is 434 g/mol. The highest BCUT2D eigenvalue weighted by molar-refractivity contribution is 7.89. The van der Waals surface area contributed by atoms with E-state index in [0.29, 0.717) is 31.8 Å². The molecule has 0 unspecified atom stereocenters. The fraction of sp³-hybridized carbons (Fsp3) is 0.773. The van der Waals surface area contributed by atoms with Gasteiger partial charge in [0.15, 0.2) is 0 Å². The summed E-state index contributed by atoms with van der Waals surface area (Å²) in [5.74, 6) is 2.64. The van der Waals surface area contributed by atoms with E-state index < -0.39 is 10.0 Å². The third kappa shape index (κ3) is 4.40. The van der Waals surface area contributed by atoms with Crippen LogP contribution in [0.4, 0.5) is 5.82 Å². The largest absolute Gasteiger partial charge is 0.296 e. The van der Waals surface area contributed by atoms with E-state index in [1.807, 2.05) is 11.8 Å². The van der Waals surface area contributed by atoms with E-state index in [-0.39, 0.29) is 17.6 Å². The van der Waals surface area contributed by atoms with Crippen LogP contribution < -0.4 is 4.90 Å². The van der Waals surface area contributed by atoms with Gasteiger partial charge in [0.1, 0.15) is 11.6 Å². The third-order valence-electron chi connectivity index (χ3n) is 7.10. The van der Waals surface area contributed by atoms with E-state index in [4.69, 9.17) is 9.97 Å². The molecule has 0 N–H and O–H groups in total. The summed E-state index contributed by atoms with van der Waals surface area (Å²) in [4.78, 5) is 24.5. The first-order valence-corrected chi connectivity index (χ1v) is 13.2. The molecular formula is C22H34N4O3S. The number of anilines is 1. The number of nitrogens with zero attached hydrogens (tertiary/aromatic N) is 4. The first kappa shape index (κ1) is 21.7. The van der Waals surface area contributed by atoms with Crippen molar-refractivity contribution in [3.05, 3.63) is 17.1 Å². The topological polar surface area (TPSA) is 83.5 Å². The highest BCUT2D eigenvalue weighted by atomic mass is 32.2. The number of hydrogen-bond donors (Lipinski definition) is 0. The van der Waals surface area contributed by atoms with Crippen molar-refractivity contribution in [1.82, 2.24) is 14.3 Å². The highest BCUT2D eigenvalue weighted by Crippen LogP contribution is 2.34. The summed E-state index contributed by atoms with van der Waals surface area (Å²) in [5, 5.41) is 0. The summed E-state index contributed by atoms with van der Waals surface area (Å²) >= 11 is 0. The van der Waals surface area contributed by atoms with Gasteiger partial charge in [0.2, 0.25) is 15.9 Å². The van der Waals surface area contributed by atoms with Crippen LogP contribution in [0.3, 0.4) is 0 Å². The summed E-state index contributed by atoms with van der Waals surface area (Å²) < 4.78 is 25.9. The fourth-order valence-electron chi connectivity index (χ4n) is 5.18. The molecule has 3 heterocycles. The summed E-state index contributed by atoms with van der Waals surface area (Å²) in [6, 6.07) is 0. The smallest absolute Gasteiger partial charge is 0.228 e. The Morgan fingerprint density at radius 3 is 2.37 bits per heavy atom. The SMILES string of the molecule is CCS(=O)(=O)N1CCC(c2nc(C)c3c(n2)N(CC2CCCCC2)C(=O)CC3)CC1. The molecule has 2 fully saturated rings. The van der Waals surface area contributed by atoms with Crippen molar-refractivity contribution in [2.24, 2.45) is 5.92 Å². The summed E-state index contributed by atoms with van der Waals surface area (Å²) in [5.41, 5.74) is 2.08. The Morgan fingerprint density at radius 2 is 1.70 bits per heavy atom. The van der Waals surface area contributed by atoms with Gasteiger partial charge in [-0.05, 0) is 51.9 Å². The average Bonchev–Trinajstić information content (AvgIpc) is 2.76. The molecule has 0 atom stereocenters. The molecule has 0 bridgehead atoms. The molecule has 1 saturated heterocycles. The predicted octanol–water partition coefficient (Wildman–Crippen LogP) is 3.17. The molecule has 1 aromatic heterocycles. The molecule has 4 rings (SSSR count). The molecule has 1 aromatic rings. The number of piperidine rings is 1. The predicted molar refractivity (Wildman–Crippen MR) is 117 cm³/mol. The van der Waals surface area contributed by atoms with Gasteiger partial charge >= 0.3 is 0 Å². The van der Waals surface area contributed by atoms with Crippen LogP contribution in [0, 0.1) is 12.8 Å². The van der Waals surface area contributed by atoms with E-state index in [1.54, 1.807) is 11.2 Å². The van der Waals surface area contributed by atoms with Crippen molar-refractivity contribution in [3.63, 3.8) is 0 Å². The number of aromatic nitrogens is 2. The van der Waals surface area contributed by atoms with Crippen LogP contribution in [0.25, 0.3) is 0 Å². The maximum absolute atomic E-state index is 12.8. The molecule has 7 nitrogen and oxygen atoms in total. The Hall–Kier alpha value is -1.54. The summed E-state index contributed by atoms with van der Waals surface area (Å²) in [6.07, 6.45) is 8.92. The minimum Gasteiger partial charge on any atom is -0.296 e. The molecule has 1 amide bonds. The van der Waals surface area contributed by atoms with E-state index >= 15 is 0 Å². The Bertz CT molecular complexity index is 888. The number of fused-ring (bicyclic) bond motifs is 1. The van der Waals surface area contributed by atoms with Gasteiger partial charge in [-0.2, -0.15) is 0 Å². The zero-order valence-electron chi connectivity index (χ0n) is 18.3. The van der Waals surface area contributed by atoms with Crippen molar-refractivity contribution in [3.8, 4) is 0 Å². The van der Waals surface area contributed by atoms with Crippen LogP contribution in [-0.4, -0.2) is 54.0 Å². The van der Waals surface area contributed by atoms with Crippen molar-refractivity contribution < 1.29 is 13.2 Å². The Labute approximate surface area is 180 Å². The number of hydrogen-bond acceptors (Lipinski definition) is 5.